The predicted octanol–water partition coefficient (Wildman–Crippen LogP) is 3.16. The zero-order valence-corrected chi connectivity index (χ0v) is 17.0. The SMILES string of the molecule is Cn1c(-c2cncc(O)c2)nnc1N1CCC[C@@H]1c1cn(-c2cccc(Cl)c2)nn1. The van der Waals surface area contributed by atoms with E-state index in [2.05, 4.69) is 30.4 Å². The Hall–Kier alpha value is -3.46. The van der Waals surface area contributed by atoms with Crippen LogP contribution in [-0.4, -0.2) is 46.4 Å². The summed E-state index contributed by atoms with van der Waals surface area (Å²) in [5.74, 6) is 1.48. The molecule has 152 valence electrons. The van der Waals surface area contributed by atoms with Gasteiger partial charge in [-0.2, -0.15) is 0 Å². The first-order valence-electron chi connectivity index (χ1n) is 9.59. The summed E-state index contributed by atoms with van der Waals surface area (Å²) >= 11 is 6.10. The maximum absolute atomic E-state index is 9.73. The third-order valence-corrected chi connectivity index (χ3v) is 5.50. The Morgan fingerprint density at radius 3 is 2.87 bits per heavy atom. The zero-order valence-electron chi connectivity index (χ0n) is 16.2. The van der Waals surface area contributed by atoms with Crippen molar-refractivity contribution in [2.24, 2.45) is 7.05 Å². The quantitative estimate of drug-likeness (QED) is 0.539. The molecule has 1 aromatic carbocycles. The molecule has 0 aliphatic carbocycles. The number of nitrogens with zero attached hydrogens (tertiary/aromatic N) is 8. The highest BCUT2D eigenvalue weighted by Gasteiger charge is 2.32. The van der Waals surface area contributed by atoms with Crippen molar-refractivity contribution >= 4 is 17.5 Å². The standard InChI is InChI=1S/C20H19ClN8O/c1-27-19(13-8-16(30)11-22-10-13)24-25-20(27)28-7-3-6-18(28)17-12-29(26-23-17)15-5-2-4-14(21)9-15/h2,4-5,8-12,18,30H,3,6-7H2,1H3/t18-/m1/s1. The van der Waals surface area contributed by atoms with Crippen molar-refractivity contribution in [2.45, 2.75) is 18.9 Å². The van der Waals surface area contributed by atoms with E-state index in [1.165, 1.54) is 6.20 Å². The number of pyridine rings is 1. The molecular weight excluding hydrogens is 404 g/mol. The van der Waals surface area contributed by atoms with E-state index in [-0.39, 0.29) is 11.8 Å². The largest absolute Gasteiger partial charge is 0.506 e. The maximum atomic E-state index is 9.73. The predicted molar refractivity (Wildman–Crippen MR) is 112 cm³/mol. The van der Waals surface area contributed by atoms with Crippen molar-refractivity contribution in [3.05, 3.63) is 59.6 Å². The number of anilines is 1. The molecule has 4 aromatic rings. The van der Waals surface area contributed by atoms with E-state index in [4.69, 9.17) is 11.6 Å². The van der Waals surface area contributed by atoms with Crippen LogP contribution >= 0.6 is 11.6 Å². The summed E-state index contributed by atoms with van der Waals surface area (Å²) in [6.45, 7) is 0.846. The van der Waals surface area contributed by atoms with Gasteiger partial charge in [-0.1, -0.05) is 22.9 Å². The lowest BCUT2D eigenvalue weighted by molar-refractivity contribution is 0.473. The van der Waals surface area contributed by atoms with Gasteiger partial charge in [0.1, 0.15) is 11.4 Å². The normalized spacial score (nSPS) is 16.3. The number of halogens is 1. The van der Waals surface area contributed by atoms with E-state index in [0.717, 1.165) is 36.7 Å². The van der Waals surface area contributed by atoms with Gasteiger partial charge >= 0.3 is 0 Å². The zero-order chi connectivity index (χ0) is 20.7. The Morgan fingerprint density at radius 1 is 1.13 bits per heavy atom. The molecule has 0 unspecified atom stereocenters. The van der Waals surface area contributed by atoms with E-state index in [1.54, 1.807) is 16.9 Å². The lowest BCUT2D eigenvalue weighted by Crippen LogP contribution is -2.25. The van der Waals surface area contributed by atoms with Crippen molar-refractivity contribution in [1.29, 1.82) is 0 Å². The second-order valence-corrected chi connectivity index (χ2v) is 7.67. The Kier molecular flexibility index (Phi) is 4.59. The lowest BCUT2D eigenvalue weighted by Gasteiger charge is -2.23. The van der Waals surface area contributed by atoms with Crippen LogP contribution in [0.4, 0.5) is 5.95 Å². The molecule has 0 bridgehead atoms. The average molecular weight is 423 g/mol. The summed E-state index contributed by atoms with van der Waals surface area (Å²) in [7, 11) is 1.91. The van der Waals surface area contributed by atoms with E-state index in [9.17, 15) is 5.11 Å². The van der Waals surface area contributed by atoms with Crippen molar-refractivity contribution in [3.63, 3.8) is 0 Å². The van der Waals surface area contributed by atoms with Gasteiger partial charge in [-0.25, -0.2) is 4.68 Å². The summed E-state index contributed by atoms with van der Waals surface area (Å²) < 4.78 is 3.65. The van der Waals surface area contributed by atoms with Crippen LogP contribution in [0.3, 0.4) is 0 Å². The van der Waals surface area contributed by atoms with Gasteiger partial charge in [0.25, 0.3) is 0 Å². The highest BCUT2D eigenvalue weighted by Crippen LogP contribution is 2.35. The number of rotatable bonds is 4. The van der Waals surface area contributed by atoms with E-state index < -0.39 is 0 Å². The highest BCUT2D eigenvalue weighted by molar-refractivity contribution is 6.30. The molecule has 0 radical (unpaired) electrons. The molecular formula is C20H19ClN8O. The van der Waals surface area contributed by atoms with Gasteiger partial charge in [0.2, 0.25) is 5.95 Å². The van der Waals surface area contributed by atoms with Gasteiger partial charge in [0.05, 0.1) is 24.1 Å². The van der Waals surface area contributed by atoms with E-state index in [0.29, 0.717) is 16.4 Å². The third kappa shape index (κ3) is 3.26. The molecule has 1 aliphatic heterocycles. The molecule has 0 amide bonds. The molecule has 0 saturated carbocycles. The van der Waals surface area contributed by atoms with Crippen LogP contribution in [0.15, 0.2) is 48.9 Å². The Bertz CT molecular complexity index is 1200. The van der Waals surface area contributed by atoms with E-state index >= 15 is 0 Å². The minimum Gasteiger partial charge on any atom is -0.506 e. The smallest absolute Gasteiger partial charge is 0.227 e. The number of hydrogen-bond acceptors (Lipinski definition) is 7. The lowest BCUT2D eigenvalue weighted by atomic mass is 10.1. The highest BCUT2D eigenvalue weighted by atomic mass is 35.5. The van der Waals surface area contributed by atoms with Crippen LogP contribution in [0.5, 0.6) is 5.75 Å². The first-order valence-corrected chi connectivity index (χ1v) is 9.96. The van der Waals surface area contributed by atoms with Crippen molar-refractivity contribution < 1.29 is 5.11 Å². The summed E-state index contributed by atoms with van der Waals surface area (Å²) in [6, 6.07) is 9.18. The van der Waals surface area contributed by atoms with Gasteiger partial charge in [-0.15, -0.1) is 15.3 Å². The van der Waals surface area contributed by atoms with Crippen LogP contribution in [0, 0.1) is 0 Å². The molecule has 1 N–H and O–H groups in total. The Balaban J connectivity index is 1.45. The first-order chi connectivity index (χ1) is 14.6. The van der Waals surface area contributed by atoms with Gasteiger partial charge in [0.15, 0.2) is 5.82 Å². The summed E-state index contributed by atoms with van der Waals surface area (Å²) in [6.07, 6.45) is 6.95. The molecule has 1 aliphatic rings. The number of hydrogen-bond donors (Lipinski definition) is 1. The number of aromatic hydroxyl groups is 1. The average Bonchev–Trinajstić information content (AvgIpc) is 3.47. The van der Waals surface area contributed by atoms with Crippen LogP contribution in [0.25, 0.3) is 17.1 Å². The fourth-order valence-electron chi connectivity index (χ4n) is 3.86. The fraction of sp³-hybridized carbons (Fsp3) is 0.250. The molecule has 1 saturated heterocycles. The third-order valence-electron chi connectivity index (χ3n) is 5.27. The van der Waals surface area contributed by atoms with E-state index in [1.807, 2.05) is 42.1 Å². The number of aromatic nitrogens is 7. The summed E-state index contributed by atoms with van der Waals surface area (Å²) in [4.78, 5) is 6.23. The Labute approximate surface area is 177 Å². The molecule has 3 aromatic heterocycles. The molecule has 5 rings (SSSR count). The van der Waals surface area contributed by atoms with Gasteiger partial charge in [-0.05, 0) is 37.1 Å². The van der Waals surface area contributed by atoms with Crippen LogP contribution in [0.2, 0.25) is 5.02 Å². The summed E-state index contributed by atoms with van der Waals surface area (Å²) in [5, 5.41) is 27.8. The molecule has 9 nitrogen and oxygen atoms in total. The van der Waals surface area contributed by atoms with Crippen LogP contribution < -0.4 is 4.90 Å². The van der Waals surface area contributed by atoms with Crippen molar-refractivity contribution in [3.8, 4) is 22.8 Å². The van der Waals surface area contributed by atoms with Gasteiger partial charge in [-0.3, -0.25) is 9.55 Å². The Morgan fingerprint density at radius 2 is 2.03 bits per heavy atom. The first kappa shape index (κ1) is 18.6. The second kappa shape index (κ2) is 7.42. The topological polar surface area (TPSA) is 97.8 Å². The summed E-state index contributed by atoms with van der Waals surface area (Å²) in [5.41, 5.74) is 2.44. The fourth-order valence-corrected chi connectivity index (χ4v) is 4.04. The molecule has 30 heavy (non-hydrogen) atoms. The molecule has 10 heteroatoms. The van der Waals surface area contributed by atoms with Crippen LogP contribution in [0.1, 0.15) is 24.6 Å². The second-order valence-electron chi connectivity index (χ2n) is 7.23. The van der Waals surface area contributed by atoms with Gasteiger partial charge < -0.3 is 10.0 Å². The molecule has 0 spiro atoms. The van der Waals surface area contributed by atoms with Crippen molar-refractivity contribution in [1.82, 2.24) is 34.7 Å². The maximum Gasteiger partial charge on any atom is 0.227 e. The molecule has 1 atom stereocenters. The van der Waals surface area contributed by atoms with Crippen molar-refractivity contribution in [2.75, 3.05) is 11.4 Å². The molecule has 4 heterocycles. The molecule has 1 fully saturated rings. The number of benzene rings is 1. The monoisotopic (exact) mass is 422 g/mol. The van der Waals surface area contributed by atoms with Gasteiger partial charge in [0, 0.05) is 30.4 Å². The van der Waals surface area contributed by atoms with Crippen LogP contribution in [-0.2, 0) is 7.05 Å². The minimum atomic E-state index is 0.0518. The minimum absolute atomic E-state index is 0.0518.